The van der Waals surface area contributed by atoms with Crippen molar-refractivity contribution in [3.8, 4) is 0 Å². The third-order valence-electron chi connectivity index (χ3n) is 2.66. The van der Waals surface area contributed by atoms with Crippen molar-refractivity contribution in [3.63, 3.8) is 0 Å². The zero-order chi connectivity index (χ0) is 15.3. The number of carbonyl (C=O) groups is 1. The minimum Gasteiger partial charge on any atom is -0.367 e. The maximum Gasteiger partial charge on any atom is 0.267 e. The first-order valence-corrected chi connectivity index (χ1v) is 7.68. The van der Waals surface area contributed by atoms with E-state index in [9.17, 15) is 13.2 Å². The van der Waals surface area contributed by atoms with Crippen LogP contribution >= 0.6 is 0 Å². The van der Waals surface area contributed by atoms with Crippen LogP contribution in [0.5, 0.6) is 0 Å². The minimum atomic E-state index is -3.87. The molecule has 1 amide bonds. The maximum atomic E-state index is 12.1. The average molecular weight is 310 g/mol. The third kappa shape index (κ3) is 4.14. The zero-order valence-electron chi connectivity index (χ0n) is 11.2. The lowest BCUT2D eigenvalue weighted by molar-refractivity contribution is -0.129. The molecule has 0 aliphatic carbocycles. The van der Waals surface area contributed by atoms with E-state index in [1.54, 1.807) is 30.3 Å². The Morgan fingerprint density at radius 2 is 2.05 bits per heavy atom. The van der Waals surface area contributed by atoms with E-state index in [1.165, 1.54) is 19.4 Å². The molecule has 0 unspecified atom stereocenters. The van der Waals surface area contributed by atoms with Crippen molar-refractivity contribution in [2.75, 3.05) is 7.11 Å². The Labute approximate surface area is 121 Å². The van der Waals surface area contributed by atoms with Gasteiger partial charge in [-0.2, -0.15) is 0 Å². The quantitative estimate of drug-likeness (QED) is 0.855. The van der Waals surface area contributed by atoms with Crippen molar-refractivity contribution in [1.29, 1.82) is 0 Å². The van der Waals surface area contributed by atoms with E-state index < -0.39 is 27.8 Å². The number of nitrogens with zero attached hydrogens (tertiary/aromatic N) is 1. The molecule has 1 atom stereocenters. The van der Waals surface area contributed by atoms with E-state index in [-0.39, 0.29) is 5.69 Å². The first kappa shape index (κ1) is 15.2. The largest absolute Gasteiger partial charge is 0.367 e. The van der Waals surface area contributed by atoms with Gasteiger partial charge in [0.05, 0.1) is 0 Å². The number of benzene rings is 1. The Bertz CT molecular complexity index is 683. The van der Waals surface area contributed by atoms with Crippen LogP contribution in [0.2, 0.25) is 0 Å². The Balaban J connectivity index is 2.09. The van der Waals surface area contributed by atoms with Gasteiger partial charge in [0, 0.05) is 13.2 Å². The molecule has 0 bridgehead atoms. The number of methoxy groups -OCH3 is 1. The van der Waals surface area contributed by atoms with E-state index in [0.29, 0.717) is 5.56 Å². The van der Waals surface area contributed by atoms with Gasteiger partial charge in [-0.25, -0.2) is 8.42 Å². The highest BCUT2D eigenvalue weighted by atomic mass is 32.2. The molecule has 8 heteroatoms. The molecule has 0 aliphatic heterocycles. The lowest BCUT2D eigenvalue weighted by atomic mass is 10.1. The molecule has 0 saturated heterocycles. The number of carbonyl (C=O) groups excluding carboxylic acids is 1. The van der Waals surface area contributed by atoms with Crippen LogP contribution in [0.25, 0.3) is 0 Å². The van der Waals surface area contributed by atoms with Gasteiger partial charge >= 0.3 is 0 Å². The lowest BCUT2D eigenvalue weighted by Crippen LogP contribution is -2.36. The summed E-state index contributed by atoms with van der Waals surface area (Å²) in [6.45, 7) is 0. The normalized spacial score (nSPS) is 12.8. The summed E-state index contributed by atoms with van der Waals surface area (Å²) in [6.07, 6.45) is 0.257. The third-order valence-corrected chi connectivity index (χ3v) is 3.85. The van der Waals surface area contributed by atoms with Crippen molar-refractivity contribution >= 4 is 15.9 Å². The number of hydrogen-bond donors (Lipinski definition) is 1. The van der Waals surface area contributed by atoms with Gasteiger partial charge in [-0.15, -0.1) is 0 Å². The van der Waals surface area contributed by atoms with Gasteiger partial charge in [-0.1, -0.05) is 35.5 Å². The highest BCUT2D eigenvalue weighted by Gasteiger charge is 2.25. The van der Waals surface area contributed by atoms with Crippen LogP contribution in [0.1, 0.15) is 17.4 Å². The molecule has 0 spiro atoms. The molecule has 1 aromatic heterocycles. The second-order valence-electron chi connectivity index (χ2n) is 4.24. The highest BCUT2D eigenvalue weighted by molar-refractivity contribution is 7.89. The molecule has 7 nitrogen and oxygen atoms in total. The fraction of sp³-hybridized carbons (Fsp3) is 0.231. The van der Waals surface area contributed by atoms with Gasteiger partial charge in [0.1, 0.15) is 17.7 Å². The molecule has 0 fully saturated rings. The van der Waals surface area contributed by atoms with E-state index in [2.05, 4.69) is 9.68 Å². The molecule has 112 valence electrons. The fourth-order valence-electron chi connectivity index (χ4n) is 1.77. The van der Waals surface area contributed by atoms with E-state index in [0.717, 1.165) is 0 Å². The Morgan fingerprint density at radius 1 is 1.33 bits per heavy atom. The van der Waals surface area contributed by atoms with E-state index in [1.807, 2.05) is 4.72 Å². The smallest absolute Gasteiger partial charge is 0.267 e. The van der Waals surface area contributed by atoms with Crippen LogP contribution in [-0.4, -0.2) is 26.6 Å². The topological polar surface area (TPSA) is 98.5 Å². The molecule has 2 aromatic rings. The SMILES string of the molecule is CO[C@@H](C(=O)NS(=O)(=O)Cc1ccon1)c1ccccc1. The van der Waals surface area contributed by atoms with Crippen molar-refractivity contribution < 1.29 is 22.5 Å². The van der Waals surface area contributed by atoms with Crippen molar-refractivity contribution in [2.24, 2.45) is 0 Å². The first-order valence-electron chi connectivity index (χ1n) is 6.03. The number of ether oxygens (including phenoxy) is 1. The molecule has 2 rings (SSSR count). The van der Waals surface area contributed by atoms with Crippen molar-refractivity contribution in [1.82, 2.24) is 9.88 Å². The first-order chi connectivity index (χ1) is 10.0. The van der Waals surface area contributed by atoms with Gasteiger partial charge in [0.25, 0.3) is 5.91 Å². The van der Waals surface area contributed by atoms with Crippen LogP contribution in [0.3, 0.4) is 0 Å². The molecule has 0 radical (unpaired) electrons. The summed E-state index contributed by atoms with van der Waals surface area (Å²) in [4.78, 5) is 12.1. The number of nitrogens with one attached hydrogen (secondary N) is 1. The molecule has 1 N–H and O–H groups in total. The van der Waals surface area contributed by atoms with Gasteiger partial charge in [0.15, 0.2) is 6.10 Å². The van der Waals surface area contributed by atoms with Crippen molar-refractivity contribution in [2.45, 2.75) is 11.9 Å². The average Bonchev–Trinajstić information content (AvgIpc) is 2.92. The molecule has 21 heavy (non-hydrogen) atoms. The van der Waals surface area contributed by atoms with Gasteiger partial charge in [0.2, 0.25) is 10.0 Å². The predicted molar refractivity (Wildman–Crippen MR) is 73.5 cm³/mol. The second-order valence-corrected chi connectivity index (χ2v) is 5.96. The molecule has 0 aliphatic rings. The lowest BCUT2D eigenvalue weighted by Gasteiger charge is -2.15. The number of amides is 1. The van der Waals surface area contributed by atoms with Crippen LogP contribution in [0, 0.1) is 0 Å². The molecular formula is C13H14N2O5S. The van der Waals surface area contributed by atoms with Crippen molar-refractivity contribution in [3.05, 3.63) is 53.9 Å². The van der Waals surface area contributed by atoms with Gasteiger partial charge < -0.3 is 9.26 Å². The summed E-state index contributed by atoms with van der Waals surface area (Å²) in [7, 11) is -2.53. The minimum absolute atomic E-state index is 0.212. The zero-order valence-corrected chi connectivity index (χ0v) is 12.0. The van der Waals surface area contributed by atoms with E-state index in [4.69, 9.17) is 4.74 Å². The molecule has 1 aromatic carbocycles. The summed E-state index contributed by atoms with van der Waals surface area (Å²) in [5.41, 5.74) is 0.776. The standard InChI is InChI=1S/C13H14N2O5S/c1-19-12(10-5-3-2-4-6-10)13(16)15-21(17,18)9-11-7-8-20-14-11/h2-8,12H,9H2,1H3,(H,15,16)/t12-/m1/s1. The number of rotatable bonds is 6. The Morgan fingerprint density at radius 3 is 2.62 bits per heavy atom. The van der Waals surface area contributed by atoms with Crippen LogP contribution in [-0.2, 0) is 25.3 Å². The van der Waals surface area contributed by atoms with Crippen LogP contribution in [0.4, 0.5) is 0 Å². The highest BCUT2D eigenvalue weighted by Crippen LogP contribution is 2.16. The molecule has 1 heterocycles. The van der Waals surface area contributed by atoms with Gasteiger partial charge in [-0.05, 0) is 5.56 Å². The summed E-state index contributed by atoms with van der Waals surface area (Å²) in [5.74, 6) is -1.20. The maximum absolute atomic E-state index is 12.1. The predicted octanol–water partition coefficient (Wildman–Crippen LogP) is 1.01. The van der Waals surface area contributed by atoms with Crippen LogP contribution < -0.4 is 4.72 Å². The molecular weight excluding hydrogens is 296 g/mol. The number of hydrogen-bond acceptors (Lipinski definition) is 6. The van der Waals surface area contributed by atoms with Gasteiger partial charge in [-0.3, -0.25) is 9.52 Å². The fourth-order valence-corrected chi connectivity index (χ4v) is 2.80. The Kier molecular flexibility index (Phi) is 4.71. The number of aromatic nitrogens is 1. The monoisotopic (exact) mass is 310 g/mol. The summed E-state index contributed by atoms with van der Waals surface area (Å²) in [6, 6.07) is 10.0. The summed E-state index contributed by atoms with van der Waals surface area (Å²) < 4.78 is 35.4. The van der Waals surface area contributed by atoms with E-state index >= 15 is 0 Å². The van der Waals surface area contributed by atoms with Crippen LogP contribution in [0.15, 0.2) is 47.2 Å². The summed E-state index contributed by atoms with van der Waals surface area (Å²) >= 11 is 0. The summed E-state index contributed by atoms with van der Waals surface area (Å²) in [5, 5.41) is 3.50. The number of sulfonamides is 1. The molecule has 0 saturated carbocycles. The second kappa shape index (κ2) is 6.51. The Hall–Kier alpha value is -2.19.